The van der Waals surface area contributed by atoms with Crippen LogP contribution in [0.4, 0.5) is 4.79 Å². The topological polar surface area (TPSA) is 59.6 Å². The molecule has 0 unspecified atom stereocenters. The van der Waals surface area contributed by atoms with E-state index in [0.717, 1.165) is 12.0 Å². The fourth-order valence-corrected chi connectivity index (χ4v) is 1.45. The SMILES string of the molecule is CCCNC(=O)NCc1cc(OC)cc(OC)c1. The highest BCUT2D eigenvalue weighted by atomic mass is 16.5. The second-order valence-corrected chi connectivity index (χ2v) is 3.83. The molecule has 1 aromatic rings. The maximum atomic E-state index is 11.4. The molecule has 0 bridgehead atoms. The summed E-state index contributed by atoms with van der Waals surface area (Å²) in [4.78, 5) is 11.4. The van der Waals surface area contributed by atoms with Gasteiger partial charge in [-0.05, 0) is 24.1 Å². The van der Waals surface area contributed by atoms with Crippen LogP contribution >= 0.6 is 0 Å². The molecule has 100 valence electrons. The van der Waals surface area contributed by atoms with Gasteiger partial charge < -0.3 is 20.1 Å². The van der Waals surface area contributed by atoms with E-state index in [-0.39, 0.29) is 6.03 Å². The Morgan fingerprint density at radius 1 is 1.11 bits per heavy atom. The molecule has 1 aromatic carbocycles. The molecule has 0 aromatic heterocycles. The third kappa shape index (κ3) is 4.53. The van der Waals surface area contributed by atoms with Gasteiger partial charge in [-0.25, -0.2) is 4.79 Å². The third-order valence-corrected chi connectivity index (χ3v) is 2.40. The van der Waals surface area contributed by atoms with Crippen molar-refractivity contribution >= 4 is 6.03 Å². The number of methoxy groups -OCH3 is 2. The van der Waals surface area contributed by atoms with Gasteiger partial charge in [0.05, 0.1) is 14.2 Å². The van der Waals surface area contributed by atoms with E-state index < -0.39 is 0 Å². The first-order valence-electron chi connectivity index (χ1n) is 5.93. The molecule has 0 saturated heterocycles. The van der Waals surface area contributed by atoms with Gasteiger partial charge in [0.15, 0.2) is 0 Å². The molecule has 5 heteroatoms. The molecular weight excluding hydrogens is 232 g/mol. The van der Waals surface area contributed by atoms with Crippen LogP contribution in [0.25, 0.3) is 0 Å². The predicted molar refractivity (Wildman–Crippen MR) is 70.1 cm³/mol. The van der Waals surface area contributed by atoms with Crippen molar-refractivity contribution in [1.82, 2.24) is 10.6 Å². The first-order valence-corrected chi connectivity index (χ1v) is 5.93. The lowest BCUT2D eigenvalue weighted by atomic mass is 10.2. The van der Waals surface area contributed by atoms with Gasteiger partial charge >= 0.3 is 6.03 Å². The number of ether oxygens (including phenoxy) is 2. The lowest BCUT2D eigenvalue weighted by Gasteiger charge is -2.10. The summed E-state index contributed by atoms with van der Waals surface area (Å²) in [7, 11) is 3.19. The smallest absolute Gasteiger partial charge is 0.315 e. The van der Waals surface area contributed by atoms with Crippen molar-refractivity contribution in [1.29, 1.82) is 0 Å². The van der Waals surface area contributed by atoms with Gasteiger partial charge in [0.1, 0.15) is 11.5 Å². The first-order chi connectivity index (χ1) is 8.69. The second kappa shape index (κ2) is 7.42. The molecule has 18 heavy (non-hydrogen) atoms. The molecule has 0 spiro atoms. The van der Waals surface area contributed by atoms with Gasteiger partial charge in [0.25, 0.3) is 0 Å². The number of carbonyl (C=O) groups is 1. The fourth-order valence-electron chi connectivity index (χ4n) is 1.45. The highest BCUT2D eigenvalue weighted by Gasteiger charge is 2.03. The number of nitrogens with one attached hydrogen (secondary N) is 2. The van der Waals surface area contributed by atoms with Crippen LogP contribution in [-0.2, 0) is 6.54 Å². The van der Waals surface area contributed by atoms with Crippen LogP contribution in [0.5, 0.6) is 11.5 Å². The van der Waals surface area contributed by atoms with E-state index in [0.29, 0.717) is 24.6 Å². The summed E-state index contributed by atoms with van der Waals surface area (Å²) in [5, 5.41) is 5.52. The second-order valence-electron chi connectivity index (χ2n) is 3.83. The Bertz CT molecular complexity index is 372. The van der Waals surface area contributed by atoms with Crippen molar-refractivity contribution in [3.8, 4) is 11.5 Å². The minimum absolute atomic E-state index is 0.168. The van der Waals surface area contributed by atoms with Crippen LogP contribution in [0, 0.1) is 0 Å². The molecule has 0 fully saturated rings. The van der Waals surface area contributed by atoms with Crippen molar-refractivity contribution in [2.24, 2.45) is 0 Å². The highest BCUT2D eigenvalue weighted by molar-refractivity contribution is 5.73. The summed E-state index contributed by atoms with van der Waals surface area (Å²) in [5.41, 5.74) is 0.929. The number of rotatable bonds is 6. The Morgan fingerprint density at radius 2 is 1.72 bits per heavy atom. The van der Waals surface area contributed by atoms with Crippen LogP contribution < -0.4 is 20.1 Å². The molecule has 0 saturated carbocycles. The van der Waals surface area contributed by atoms with Gasteiger partial charge in [-0.15, -0.1) is 0 Å². The van der Waals surface area contributed by atoms with Crippen molar-refractivity contribution in [2.75, 3.05) is 20.8 Å². The Hall–Kier alpha value is -1.91. The zero-order valence-corrected chi connectivity index (χ0v) is 11.1. The van der Waals surface area contributed by atoms with Crippen LogP contribution in [0.2, 0.25) is 0 Å². The Balaban J connectivity index is 2.58. The summed E-state index contributed by atoms with van der Waals surface area (Å²) in [5.74, 6) is 1.42. The minimum Gasteiger partial charge on any atom is -0.497 e. The fraction of sp³-hybridized carbons (Fsp3) is 0.462. The van der Waals surface area contributed by atoms with Gasteiger partial charge in [-0.1, -0.05) is 6.92 Å². The predicted octanol–water partition coefficient (Wildman–Crippen LogP) is 1.91. The maximum absolute atomic E-state index is 11.4. The van der Waals surface area contributed by atoms with Crippen LogP contribution in [0.15, 0.2) is 18.2 Å². The van der Waals surface area contributed by atoms with E-state index in [4.69, 9.17) is 9.47 Å². The molecule has 0 aliphatic carbocycles. The number of urea groups is 1. The lowest BCUT2D eigenvalue weighted by molar-refractivity contribution is 0.240. The third-order valence-electron chi connectivity index (χ3n) is 2.40. The zero-order chi connectivity index (χ0) is 13.4. The molecule has 0 aliphatic heterocycles. The van der Waals surface area contributed by atoms with Crippen molar-refractivity contribution in [2.45, 2.75) is 19.9 Å². The zero-order valence-electron chi connectivity index (χ0n) is 11.1. The van der Waals surface area contributed by atoms with Gasteiger partial charge in [0, 0.05) is 19.2 Å². The van der Waals surface area contributed by atoms with Crippen molar-refractivity contribution < 1.29 is 14.3 Å². The standard InChI is InChI=1S/C13H20N2O3/c1-4-5-14-13(16)15-9-10-6-11(17-2)8-12(7-10)18-3/h6-8H,4-5,9H2,1-3H3,(H2,14,15,16). The van der Waals surface area contributed by atoms with Crippen LogP contribution in [-0.4, -0.2) is 26.8 Å². The molecular formula is C13H20N2O3. The number of hydrogen-bond acceptors (Lipinski definition) is 3. The van der Waals surface area contributed by atoms with E-state index in [1.807, 2.05) is 19.1 Å². The summed E-state index contributed by atoms with van der Waals surface area (Å²) in [6.45, 7) is 3.11. The van der Waals surface area contributed by atoms with Gasteiger partial charge in [-0.3, -0.25) is 0 Å². The first kappa shape index (κ1) is 14.2. The molecule has 0 atom stereocenters. The van der Waals surface area contributed by atoms with E-state index in [1.165, 1.54) is 0 Å². The summed E-state index contributed by atoms with van der Waals surface area (Å²) in [6, 6.07) is 5.35. The van der Waals surface area contributed by atoms with E-state index in [1.54, 1.807) is 20.3 Å². The minimum atomic E-state index is -0.168. The number of benzene rings is 1. The Labute approximate surface area is 107 Å². The summed E-state index contributed by atoms with van der Waals surface area (Å²) >= 11 is 0. The van der Waals surface area contributed by atoms with Crippen molar-refractivity contribution in [3.63, 3.8) is 0 Å². The molecule has 2 amide bonds. The normalized spacial score (nSPS) is 9.72. The molecule has 0 aliphatic rings. The van der Waals surface area contributed by atoms with E-state index in [2.05, 4.69) is 10.6 Å². The number of hydrogen-bond donors (Lipinski definition) is 2. The van der Waals surface area contributed by atoms with Gasteiger partial charge in [0.2, 0.25) is 0 Å². The molecule has 5 nitrogen and oxygen atoms in total. The molecule has 0 radical (unpaired) electrons. The number of carbonyl (C=O) groups excluding carboxylic acids is 1. The Morgan fingerprint density at radius 3 is 2.22 bits per heavy atom. The lowest BCUT2D eigenvalue weighted by Crippen LogP contribution is -2.35. The van der Waals surface area contributed by atoms with Crippen molar-refractivity contribution in [3.05, 3.63) is 23.8 Å². The number of amides is 2. The maximum Gasteiger partial charge on any atom is 0.315 e. The Kier molecular flexibility index (Phi) is 5.84. The van der Waals surface area contributed by atoms with E-state index in [9.17, 15) is 4.79 Å². The molecule has 1 rings (SSSR count). The monoisotopic (exact) mass is 252 g/mol. The summed E-state index contributed by atoms with van der Waals surface area (Å²) in [6.07, 6.45) is 0.917. The quantitative estimate of drug-likeness (QED) is 0.813. The summed E-state index contributed by atoms with van der Waals surface area (Å²) < 4.78 is 10.3. The molecule has 2 N–H and O–H groups in total. The van der Waals surface area contributed by atoms with Crippen LogP contribution in [0.3, 0.4) is 0 Å². The highest BCUT2D eigenvalue weighted by Crippen LogP contribution is 2.22. The average molecular weight is 252 g/mol. The van der Waals surface area contributed by atoms with Gasteiger partial charge in [-0.2, -0.15) is 0 Å². The average Bonchev–Trinajstić information content (AvgIpc) is 2.42. The van der Waals surface area contributed by atoms with Crippen LogP contribution in [0.1, 0.15) is 18.9 Å². The molecule has 0 heterocycles. The largest absolute Gasteiger partial charge is 0.497 e. The van der Waals surface area contributed by atoms with E-state index >= 15 is 0 Å².